The zero-order valence-corrected chi connectivity index (χ0v) is 13.1. The van der Waals surface area contributed by atoms with Gasteiger partial charge in [-0.2, -0.15) is 0 Å². The predicted molar refractivity (Wildman–Crippen MR) is 85.6 cm³/mol. The number of rotatable bonds is 6. The van der Waals surface area contributed by atoms with Gasteiger partial charge in [-0.15, -0.1) is 0 Å². The Kier molecular flexibility index (Phi) is 5.86. The molecule has 1 heterocycles. The number of piperidine rings is 1. The molecule has 1 aliphatic rings. The minimum atomic E-state index is 0.475. The molecule has 0 saturated carbocycles. The lowest BCUT2D eigenvalue weighted by atomic mass is 10.1. The molecule has 1 saturated heterocycles. The minimum Gasteiger partial charge on any atom is -0.378 e. The molecule has 0 aromatic heterocycles. The average Bonchev–Trinajstić information content (AvgIpc) is 2.43. The summed E-state index contributed by atoms with van der Waals surface area (Å²) in [7, 11) is 2.17. The molecular formula is C17H28N2O. The maximum absolute atomic E-state index is 5.95. The quantitative estimate of drug-likeness (QED) is 0.809. The van der Waals surface area contributed by atoms with Gasteiger partial charge in [0.1, 0.15) is 0 Å². The highest BCUT2D eigenvalue weighted by molar-refractivity contribution is 5.50. The molecule has 1 fully saturated rings. The third-order valence-corrected chi connectivity index (χ3v) is 3.92. The fourth-order valence-corrected chi connectivity index (χ4v) is 2.81. The summed E-state index contributed by atoms with van der Waals surface area (Å²) < 4.78 is 5.95. The number of nitrogens with one attached hydrogen (secondary N) is 1. The van der Waals surface area contributed by atoms with Crippen molar-refractivity contribution in [2.24, 2.45) is 0 Å². The van der Waals surface area contributed by atoms with Crippen molar-refractivity contribution >= 4 is 5.69 Å². The van der Waals surface area contributed by atoms with E-state index in [1.54, 1.807) is 0 Å². The lowest BCUT2D eigenvalue weighted by Gasteiger charge is -2.24. The number of benzene rings is 1. The topological polar surface area (TPSA) is 24.5 Å². The lowest BCUT2D eigenvalue weighted by molar-refractivity contribution is 0.0324. The van der Waals surface area contributed by atoms with E-state index in [1.165, 1.54) is 16.8 Å². The Morgan fingerprint density at radius 3 is 2.45 bits per heavy atom. The van der Waals surface area contributed by atoms with Crippen LogP contribution in [0, 0.1) is 13.8 Å². The van der Waals surface area contributed by atoms with Gasteiger partial charge in [-0.3, -0.25) is 0 Å². The number of hydrogen-bond donors (Lipinski definition) is 1. The van der Waals surface area contributed by atoms with Crippen LogP contribution in [0.5, 0.6) is 0 Å². The molecule has 3 heteroatoms. The third-order valence-electron chi connectivity index (χ3n) is 3.92. The van der Waals surface area contributed by atoms with E-state index >= 15 is 0 Å². The van der Waals surface area contributed by atoms with Crippen LogP contribution in [0.4, 0.5) is 5.69 Å². The van der Waals surface area contributed by atoms with Crippen LogP contribution in [-0.4, -0.2) is 39.4 Å². The van der Waals surface area contributed by atoms with Crippen LogP contribution in [0.1, 0.15) is 30.4 Å². The standard InChI is InChI=1S/C17H28N2O/c1-14-11-15(2)13-16(12-14)19(3)9-4-10-20-17-5-7-18-8-6-17/h11-13,17-18H,4-10H2,1-3H3. The monoisotopic (exact) mass is 276 g/mol. The van der Waals surface area contributed by atoms with Gasteiger partial charge in [0.25, 0.3) is 0 Å². The second-order valence-electron chi connectivity index (χ2n) is 5.94. The Morgan fingerprint density at radius 1 is 1.15 bits per heavy atom. The van der Waals surface area contributed by atoms with Gasteiger partial charge in [-0.1, -0.05) is 6.07 Å². The molecule has 0 aliphatic carbocycles. The predicted octanol–water partition coefficient (Wildman–Crippen LogP) is 2.90. The van der Waals surface area contributed by atoms with Crippen LogP contribution in [-0.2, 0) is 4.74 Å². The molecular weight excluding hydrogens is 248 g/mol. The highest BCUT2D eigenvalue weighted by atomic mass is 16.5. The van der Waals surface area contributed by atoms with Crippen molar-refractivity contribution in [2.75, 3.05) is 38.2 Å². The molecule has 20 heavy (non-hydrogen) atoms. The van der Waals surface area contributed by atoms with Gasteiger partial charge in [0, 0.05) is 25.9 Å². The number of nitrogens with zero attached hydrogens (tertiary/aromatic N) is 1. The molecule has 2 rings (SSSR count). The summed E-state index contributed by atoms with van der Waals surface area (Å²) in [6.07, 6.45) is 3.88. The fourth-order valence-electron chi connectivity index (χ4n) is 2.81. The maximum Gasteiger partial charge on any atom is 0.0599 e. The molecule has 0 unspecified atom stereocenters. The van der Waals surface area contributed by atoms with Crippen molar-refractivity contribution in [1.82, 2.24) is 5.32 Å². The summed E-state index contributed by atoms with van der Waals surface area (Å²) in [5.74, 6) is 0. The molecule has 1 aromatic carbocycles. The molecule has 112 valence electrons. The zero-order valence-electron chi connectivity index (χ0n) is 13.1. The van der Waals surface area contributed by atoms with E-state index in [0.29, 0.717) is 6.10 Å². The van der Waals surface area contributed by atoms with Crippen LogP contribution in [0.2, 0.25) is 0 Å². The summed E-state index contributed by atoms with van der Waals surface area (Å²) in [4.78, 5) is 2.33. The van der Waals surface area contributed by atoms with Crippen molar-refractivity contribution in [1.29, 1.82) is 0 Å². The van der Waals surface area contributed by atoms with E-state index in [0.717, 1.165) is 45.5 Å². The van der Waals surface area contributed by atoms with Crippen molar-refractivity contribution < 1.29 is 4.74 Å². The summed E-state index contributed by atoms with van der Waals surface area (Å²) in [5, 5.41) is 3.37. The normalized spacial score (nSPS) is 16.4. The molecule has 1 aromatic rings. The average molecular weight is 276 g/mol. The lowest BCUT2D eigenvalue weighted by Crippen LogP contribution is -2.33. The minimum absolute atomic E-state index is 0.475. The fraction of sp³-hybridized carbons (Fsp3) is 0.647. The van der Waals surface area contributed by atoms with E-state index in [9.17, 15) is 0 Å². The maximum atomic E-state index is 5.95. The van der Waals surface area contributed by atoms with Crippen LogP contribution in [0.3, 0.4) is 0 Å². The third kappa shape index (κ3) is 4.80. The molecule has 3 nitrogen and oxygen atoms in total. The van der Waals surface area contributed by atoms with Gasteiger partial charge in [-0.25, -0.2) is 0 Å². The largest absolute Gasteiger partial charge is 0.378 e. The van der Waals surface area contributed by atoms with Crippen LogP contribution in [0.15, 0.2) is 18.2 Å². The van der Waals surface area contributed by atoms with Crippen LogP contribution < -0.4 is 10.2 Å². The zero-order chi connectivity index (χ0) is 14.4. The molecule has 0 amide bonds. The summed E-state index contributed by atoms with van der Waals surface area (Å²) in [6.45, 7) is 8.45. The van der Waals surface area contributed by atoms with Gasteiger partial charge in [0.05, 0.1) is 6.10 Å². The molecule has 0 bridgehead atoms. The van der Waals surface area contributed by atoms with Crippen LogP contribution in [0.25, 0.3) is 0 Å². The van der Waals surface area contributed by atoms with E-state index in [1.807, 2.05) is 0 Å². The second kappa shape index (κ2) is 7.65. The molecule has 0 atom stereocenters. The Hall–Kier alpha value is -1.06. The summed E-state index contributed by atoms with van der Waals surface area (Å²) >= 11 is 0. The molecule has 0 spiro atoms. The van der Waals surface area contributed by atoms with E-state index < -0.39 is 0 Å². The Morgan fingerprint density at radius 2 is 1.80 bits per heavy atom. The van der Waals surface area contributed by atoms with Gasteiger partial charge >= 0.3 is 0 Å². The van der Waals surface area contributed by atoms with E-state index in [4.69, 9.17) is 4.74 Å². The Bertz CT molecular complexity index is 393. The highest BCUT2D eigenvalue weighted by Gasteiger charge is 2.12. The van der Waals surface area contributed by atoms with Crippen molar-refractivity contribution in [3.8, 4) is 0 Å². The number of aryl methyl sites for hydroxylation is 2. The van der Waals surface area contributed by atoms with Crippen molar-refractivity contribution in [2.45, 2.75) is 39.2 Å². The first-order chi connectivity index (χ1) is 9.65. The summed E-state index contributed by atoms with van der Waals surface area (Å²) in [5.41, 5.74) is 3.97. The van der Waals surface area contributed by atoms with Crippen molar-refractivity contribution in [3.63, 3.8) is 0 Å². The van der Waals surface area contributed by atoms with E-state index in [-0.39, 0.29) is 0 Å². The van der Waals surface area contributed by atoms with E-state index in [2.05, 4.69) is 49.3 Å². The van der Waals surface area contributed by atoms with Gasteiger partial charge in [0.15, 0.2) is 0 Å². The van der Waals surface area contributed by atoms with Gasteiger partial charge in [-0.05, 0) is 69.5 Å². The first kappa shape index (κ1) is 15.3. The smallest absolute Gasteiger partial charge is 0.0599 e. The number of anilines is 1. The summed E-state index contributed by atoms with van der Waals surface area (Å²) in [6, 6.07) is 6.72. The highest BCUT2D eigenvalue weighted by Crippen LogP contribution is 2.17. The number of hydrogen-bond acceptors (Lipinski definition) is 3. The Balaban J connectivity index is 1.70. The number of ether oxygens (including phenoxy) is 1. The van der Waals surface area contributed by atoms with Crippen LogP contribution >= 0.6 is 0 Å². The first-order valence-corrected chi connectivity index (χ1v) is 7.77. The molecule has 0 radical (unpaired) electrons. The molecule has 1 N–H and O–H groups in total. The molecule has 1 aliphatic heterocycles. The Labute approximate surface area is 123 Å². The van der Waals surface area contributed by atoms with Gasteiger partial charge in [0.2, 0.25) is 0 Å². The second-order valence-corrected chi connectivity index (χ2v) is 5.94. The van der Waals surface area contributed by atoms with Gasteiger partial charge < -0.3 is 15.0 Å². The first-order valence-electron chi connectivity index (χ1n) is 7.77. The SMILES string of the molecule is Cc1cc(C)cc(N(C)CCCOC2CCNCC2)c1. The van der Waals surface area contributed by atoms with Crippen molar-refractivity contribution in [3.05, 3.63) is 29.3 Å².